The molecule has 0 atom stereocenters. The average Bonchev–Trinajstić information content (AvgIpc) is 3.09. The predicted molar refractivity (Wildman–Crippen MR) is 62.6 cm³/mol. The van der Waals surface area contributed by atoms with E-state index in [1.165, 1.54) is 12.8 Å². The van der Waals surface area contributed by atoms with Crippen LogP contribution < -0.4 is 15.4 Å². The molecule has 0 spiro atoms. The second kappa shape index (κ2) is 3.35. The van der Waals surface area contributed by atoms with Crippen LogP contribution in [0.15, 0.2) is 18.2 Å². The highest BCUT2D eigenvalue weighted by Crippen LogP contribution is 2.43. The highest BCUT2D eigenvalue weighted by Gasteiger charge is 2.50. The number of methoxy groups -OCH3 is 1. The van der Waals surface area contributed by atoms with Gasteiger partial charge in [-0.25, -0.2) is 0 Å². The van der Waals surface area contributed by atoms with E-state index in [1.54, 1.807) is 7.11 Å². The molecular formula is C12H17N3O. The van der Waals surface area contributed by atoms with Crippen LogP contribution in [0.3, 0.4) is 0 Å². The Labute approximate surface area is 95.4 Å². The Bertz CT molecular complexity index is 397. The molecule has 2 N–H and O–H groups in total. The van der Waals surface area contributed by atoms with Gasteiger partial charge in [0.15, 0.2) is 0 Å². The zero-order valence-corrected chi connectivity index (χ0v) is 9.52. The number of nitrogens with zero attached hydrogens (tertiary/aromatic N) is 2. The van der Waals surface area contributed by atoms with E-state index in [4.69, 9.17) is 10.5 Å². The Morgan fingerprint density at radius 2 is 2.19 bits per heavy atom. The molecule has 1 aromatic heterocycles. The molecule has 0 bridgehead atoms. The summed E-state index contributed by atoms with van der Waals surface area (Å²) in [7, 11) is 1.64. The Kier molecular flexibility index (Phi) is 2.07. The van der Waals surface area contributed by atoms with E-state index in [-0.39, 0.29) is 5.54 Å². The minimum absolute atomic E-state index is 0.0464. The lowest BCUT2D eigenvalue weighted by Gasteiger charge is -2.49. The number of anilines is 1. The van der Waals surface area contributed by atoms with Crippen molar-refractivity contribution in [3.8, 4) is 5.88 Å². The van der Waals surface area contributed by atoms with E-state index in [2.05, 4.69) is 9.88 Å². The van der Waals surface area contributed by atoms with Crippen molar-refractivity contribution in [3.05, 3.63) is 18.2 Å². The highest BCUT2D eigenvalue weighted by atomic mass is 16.5. The molecule has 0 aromatic carbocycles. The zero-order valence-electron chi connectivity index (χ0n) is 9.52. The van der Waals surface area contributed by atoms with Crippen molar-refractivity contribution in [1.29, 1.82) is 0 Å². The molecule has 16 heavy (non-hydrogen) atoms. The standard InChI is InChI=1S/C12H17N3O/c1-16-11-4-2-3-10(14-11)15-7-12(13,8-15)9-5-6-9/h2-4,9H,5-8,13H2,1H3. The van der Waals surface area contributed by atoms with Gasteiger partial charge in [0, 0.05) is 19.2 Å². The molecule has 1 saturated carbocycles. The molecule has 0 radical (unpaired) electrons. The van der Waals surface area contributed by atoms with Gasteiger partial charge in [-0.05, 0) is 24.8 Å². The van der Waals surface area contributed by atoms with Gasteiger partial charge in [-0.1, -0.05) is 6.07 Å². The summed E-state index contributed by atoms with van der Waals surface area (Å²) in [6.45, 7) is 1.86. The molecule has 2 aliphatic rings. The smallest absolute Gasteiger partial charge is 0.214 e. The molecule has 0 unspecified atom stereocenters. The van der Waals surface area contributed by atoms with Gasteiger partial charge in [0.2, 0.25) is 5.88 Å². The monoisotopic (exact) mass is 219 g/mol. The van der Waals surface area contributed by atoms with Crippen LogP contribution in [0.4, 0.5) is 5.82 Å². The molecule has 1 aliphatic heterocycles. The van der Waals surface area contributed by atoms with Gasteiger partial charge in [-0.3, -0.25) is 0 Å². The molecule has 2 heterocycles. The molecule has 1 aromatic rings. The minimum Gasteiger partial charge on any atom is -0.481 e. The van der Waals surface area contributed by atoms with E-state index in [0.29, 0.717) is 5.88 Å². The molecule has 86 valence electrons. The summed E-state index contributed by atoms with van der Waals surface area (Å²) in [5, 5.41) is 0. The lowest BCUT2D eigenvalue weighted by atomic mass is 9.86. The van der Waals surface area contributed by atoms with Crippen molar-refractivity contribution in [2.45, 2.75) is 18.4 Å². The lowest BCUT2D eigenvalue weighted by molar-refractivity contribution is 0.288. The summed E-state index contributed by atoms with van der Waals surface area (Å²) in [6, 6.07) is 5.84. The molecule has 4 nitrogen and oxygen atoms in total. The first-order valence-electron chi connectivity index (χ1n) is 5.76. The van der Waals surface area contributed by atoms with Gasteiger partial charge in [-0.15, -0.1) is 0 Å². The van der Waals surface area contributed by atoms with Gasteiger partial charge in [-0.2, -0.15) is 4.98 Å². The summed E-state index contributed by atoms with van der Waals surface area (Å²) in [6.07, 6.45) is 2.60. The Morgan fingerprint density at radius 3 is 2.81 bits per heavy atom. The van der Waals surface area contributed by atoms with Crippen LogP contribution >= 0.6 is 0 Å². The van der Waals surface area contributed by atoms with E-state index >= 15 is 0 Å². The van der Waals surface area contributed by atoms with Crippen molar-refractivity contribution >= 4 is 5.82 Å². The zero-order chi connectivity index (χ0) is 11.2. The van der Waals surface area contributed by atoms with Crippen LogP contribution in [0.25, 0.3) is 0 Å². The topological polar surface area (TPSA) is 51.4 Å². The third-order valence-corrected chi connectivity index (χ3v) is 3.60. The molecule has 3 rings (SSSR count). The first kappa shape index (κ1) is 9.90. The molecule has 4 heteroatoms. The summed E-state index contributed by atoms with van der Waals surface area (Å²) in [4.78, 5) is 6.63. The second-order valence-electron chi connectivity index (χ2n) is 4.90. The third kappa shape index (κ3) is 1.53. The summed E-state index contributed by atoms with van der Waals surface area (Å²) in [5.74, 6) is 2.38. The van der Waals surface area contributed by atoms with E-state index in [9.17, 15) is 0 Å². The van der Waals surface area contributed by atoms with E-state index in [1.807, 2.05) is 18.2 Å². The fourth-order valence-electron chi connectivity index (χ4n) is 2.44. The molecule has 0 amide bonds. The molecule has 1 saturated heterocycles. The maximum atomic E-state index is 6.31. The maximum Gasteiger partial charge on any atom is 0.214 e. The van der Waals surface area contributed by atoms with Crippen LogP contribution in [-0.4, -0.2) is 30.7 Å². The lowest BCUT2D eigenvalue weighted by Crippen LogP contribution is -2.69. The summed E-state index contributed by atoms with van der Waals surface area (Å²) in [5.41, 5.74) is 6.35. The second-order valence-corrected chi connectivity index (χ2v) is 4.90. The van der Waals surface area contributed by atoms with Gasteiger partial charge in [0.25, 0.3) is 0 Å². The van der Waals surface area contributed by atoms with Crippen molar-refractivity contribution in [3.63, 3.8) is 0 Å². The van der Waals surface area contributed by atoms with Crippen LogP contribution in [0, 0.1) is 5.92 Å². The van der Waals surface area contributed by atoms with Crippen LogP contribution in [-0.2, 0) is 0 Å². The largest absolute Gasteiger partial charge is 0.481 e. The summed E-state index contributed by atoms with van der Waals surface area (Å²) >= 11 is 0. The number of rotatable bonds is 3. The Hall–Kier alpha value is -1.29. The predicted octanol–water partition coefficient (Wildman–Crippen LogP) is 1.02. The first-order chi connectivity index (χ1) is 7.71. The van der Waals surface area contributed by atoms with Crippen LogP contribution in [0.1, 0.15) is 12.8 Å². The molecular weight excluding hydrogens is 202 g/mol. The van der Waals surface area contributed by atoms with Crippen molar-refractivity contribution in [1.82, 2.24) is 4.98 Å². The quantitative estimate of drug-likeness (QED) is 0.824. The first-order valence-corrected chi connectivity index (χ1v) is 5.76. The number of aromatic nitrogens is 1. The van der Waals surface area contributed by atoms with Crippen molar-refractivity contribution in [2.24, 2.45) is 11.7 Å². The SMILES string of the molecule is COc1cccc(N2CC(N)(C3CC3)C2)n1. The van der Waals surface area contributed by atoms with Crippen LogP contribution in [0.5, 0.6) is 5.88 Å². The number of ether oxygens (including phenoxy) is 1. The molecule has 1 aliphatic carbocycles. The average molecular weight is 219 g/mol. The number of hydrogen-bond donors (Lipinski definition) is 1. The number of nitrogens with two attached hydrogens (primary N) is 1. The van der Waals surface area contributed by atoms with E-state index < -0.39 is 0 Å². The Morgan fingerprint density at radius 1 is 1.44 bits per heavy atom. The van der Waals surface area contributed by atoms with Crippen LogP contribution in [0.2, 0.25) is 0 Å². The van der Waals surface area contributed by atoms with E-state index in [0.717, 1.165) is 24.8 Å². The fraction of sp³-hybridized carbons (Fsp3) is 0.583. The van der Waals surface area contributed by atoms with Gasteiger partial charge < -0.3 is 15.4 Å². The summed E-state index contributed by atoms with van der Waals surface area (Å²) < 4.78 is 5.12. The number of pyridine rings is 1. The van der Waals surface area contributed by atoms with Gasteiger partial charge in [0.1, 0.15) is 5.82 Å². The number of hydrogen-bond acceptors (Lipinski definition) is 4. The van der Waals surface area contributed by atoms with Crippen molar-refractivity contribution in [2.75, 3.05) is 25.1 Å². The fourth-order valence-corrected chi connectivity index (χ4v) is 2.44. The van der Waals surface area contributed by atoms with Gasteiger partial charge in [0.05, 0.1) is 12.6 Å². The van der Waals surface area contributed by atoms with Gasteiger partial charge >= 0.3 is 0 Å². The normalized spacial score (nSPS) is 22.8. The Balaban J connectivity index is 1.70. The molecule has 2 fully saturated rings. The maximum absolute atomic E-state index is 6.31. The minimum atomic E-state index is 0.0464. The van der Waals surface area contributed by atoms with Crippen molar-refractivity contribution < 1.29 is 4.74 Å². The third-order valence-electron chi connectivity index (χ3n) is 3.60. The highest BCUT2D eigenvalue weighted by molar-refractivity contribution is 5.46.